The van der Waals surface area contributed by atoms with Crippen LogP contribution < -0.4 is 0 Å². The second kappa shape index (κ2) is 5.18. The zero-order chi connectivity index (χ0) is 15.1. The van der Waals surface area contributed by atoms with Crippen molar-refractivity contribution in [2.75, 3.05) is 0 Å². The molecular formula is C19H11BrFN. The van der Waals surface area contributed by atoms with E-state index >= 15 is 0 Å². The van der Waals surface area contributed by atoms with E-state index in [2.05, 4.69) is 20.9 Å². The highest BCUT2D eigenvalue weighted by Crippen LogP contribution is 2.35. The molecule has 4 aromatic rings. The van der Waals surface area contributed by atoms with E-state index in [1.807, 2.05) is 54.6 Å². The maximum absolute atomic E-state index is 14.2. The lowest BCUT2D eigenvalue weighted by molar-refractivity contribution is 0.637. The smallest absolute Gasteiger partial charge is 0.149 e. The molecular weight excluding hydrogens is 341 g/mol. The van der Waals surface area contributed by atoms with Gasteiger partial charge in [0.05, 0.1) is 5.52 Å². The van der Waals surface area contributed by atoms with E-state index in [1.165, 1.54) is 6.07 Å². The molecule has 0 fully saturated rings. The zero-order valence-electron chi connectivity index (χ0n) is 11.6. The van der Waals surface area contributed by atoms with Crippen LogP contribution in [0.1, 0.15) is 0 Å². The van der Waals surface area contributed by atoms with Crippen LogP contribution in [0.15, 0.2) is 71.2 Å². The fraction of sp³-hybridized carbons (Fsp3) is 0. The minimum Gasteiger partial charge on any atom is -0.245 e. The van der Waals surface area contributed by atoms with Crippen LogP contribution >= 0.6 is 15.9 Å². The maximum Gasteiger partial charge on any atom is 0.149 e. The number of aromatic nitrogens is 1. The third-order valence-electron chi connectivity index (χ3n) is 3.79. The summed E-state index contributed by atoms with van der Waals surface area (Å²) in [5.41, 5.74) is 3.29. The van der Waals surface area contributed by atoms with Gasteiger partial charge in [-0.15, -0.1) is 0 Å². The van der Waals surface area contributed by atoms with Crippen LogP contribution in [-0.2, 0) is 0 Å². The summed E-state index contributed by atoms with van der Waals surface area (Å²) in [5, 5.41) is 1.86. The summed E-state index contributed by atoms with van der Waals surface area (Å²) in [7, 11) is 0. The van der Waals surface area contributed by atoms with Gasteiger partial charge in [-0.25, -0.2) is 9.37 Å². The normalized spacial score (nSPS) is 11.2. The number of para-hydroxylation sites is 2. The molecule has 0 spiro atoms. The first-order valence-corrected chi connectivity index (χ1v) is 7.76. The number of hydrogen-bond donors (Lipinski definition) is 0. The van der Waals surface area contributed by atoms with Crippen LogP contribution in [0.4, 0.5) is 4.39 Å². The van der Waals surface area contributed by atoms with Crippen molar-refractivity contribution in [1.29, 1.82) is 0 Å². The summed E-state index contributed by atoms with van der Waals surface area (Å²) >= 11 is 3.46. The number of pyridine rings is 1. The Morgan fingerprint density at radius 3 is 2.32 bits per heavy atom. The molecule has 0 bridgehead atoms. The summed E-state index contributed by atoms with van der Waals surface area (Å²) in [4.78, 5) is 4.50. The van der Waals surface area contributed by atoms with Gasteiger partial charge < -0.3 is 0 Å². The van der Waals surface area contributed by atoms with Gasteiger partial charge in [0, 0.05) is 20.8 Å². The first-order valence-electron chi connectivity index (χ1n) is 6.97. The number of benzene rings is 3. The topological polar surface area (TPSA) is 12.9 Å². The molecule has 0 saturated heterocycles. The number of fused-ring (bicyclic) bond motifs is 2. The SMILES string of the molecule is Fc1cccc2c(-c3ccc(Br)cc3)c3ccccc3nc12. The highest BCUT2D eigenvalue weighted by molar-refractivity contribution is 9.10. The standard InChI is InChI=1S/C19H11BrFN/c20-13-10-8-12(9-11-13)18-14-4-1-2-7-17(14)22-19-15(18)5-3-6-16(19)21/h1-11H. The van der Waals surface area contributed by atoms with Crippen LogP contribution in [0.2, 0.25) is 0 Å². The molecule has 0 amide bonds. The fourth-order valence-electron chi connectivity index (χ4n) is 2.81. The summed E-state index contributed by atoms with van der Waals surface area (Å²) in [6, 6.07) is 21.0. The van der Waals surface area contributed by atoms with Gasteiger partial charge in [0.25, 0.3) is 0 Å². The van der Waals surface area contributed by atoms with Crippen LogP contribution in [0.25, 0.3) is 32.9 Å². The Bertz CT molecular complexity index is 993. The molecule has 4 rings (SSSR count). The highest BCUT2D eigenvalue weighted by Gasteiger charge is 2.13. The highest BCUT2D eigenvalue weighted by atomic mass is 79.9. The predicted molar refractivity (Wildman–Crippen MR) is 92.3 cm³/mol. The Labute approximate surface area is 135 Å². The molecule has 0 aliphatic carbocycles. The Balaban J connectivity index is 2.21. The van der Waals surface area contributed by atoms with E-state index in [-0.39, 0.29) is 5.82 Å². The van der Waals surface area contributed by atoms with Crippen molar-refractivity contribution in [3.8, 4) is 11.1 Å². The predicted octanol–water partition coefficient (Wildman–Crippen LogP) is 5.96. The molecule has 0 atom stereocenters. The van der Waals surface area contributed by atoms with Crippen molar-refractivity contribution >= 4 is 37.7 Å². The third-order valence-corrected chi connectivity index (χ3v) is 4.32. The molecule has 3 heteroatoms. The van der Waals surface area contributed by atoms with Gasteiger partial charge in [0.2, 0.25) is 0 Å². The molecule has 106 valence electrons. The Morgan fingerprint density at radius 1 is 0.773 bits per heavy atom. The largest absolute Gasteiger partial charge is 0.245 e. The van der Waals surface area contributed by atoms with Gasteiger partial charge in [-0.3, -0.25) is 0 Å². The van der Waals surface area contributed by atoms with Crippen molar-refractivity contribution in [3.05, 3.63) is 77.0 Å². The van der Waals surface area contributed by atoms with Crippen molar-refractivity contribution in [2.45, 2.75) is 0 Å². The van der Waals surface area contributed by atoms with Gasteiger partial charge in [-0.1, -0.05) is 58.4 Å². The molecule has 1 nitrogen and oxygen atoms in total. The molecule has 0 unspecified atom stereocenters. The van der Waals surface area contributed by atoms with Gasteiger partial charge in [0.15, 0.2) is 0 Å². The van der Waals surface area contributed by atoms with E-state index in [4.69, 9.17) is 0 Å². The van der Waals surface area contributed by atoms with Crippen molar-refractivity contribution < 1.29 is 4.39 Å². The van der Waals surface area contributed by atoms with E-state index in [1.54, 1.807) is 6.07 Å². The molecule has 0 aliphatic rings. The minimum absolute atomic E-state index is 0.290. The lowest BCUT2D eigenvalue weighted by atomic mass is 9.96. The van der Waals surface area contributed by atoms with Crippen molar-refractivity contribution in [1.82, 2.24) is 4.98 Å². The van der Waals surface area contributed by atoms with Crippen LogP contribution in [-0.4, -0.2) is 4.98 Å². The number of nitrogens with zero attached hydrogens (tertiary/aromatic N) is 1. The van der Waals surface area contributed by atoms with Gasteiger partial charge in [-0.05, 0) is 29.8 Å². The number of hydrogen-bond acceptors (Lipinski definition) is 1. The summed E-state index contributed by atoms with van der Waals surface area (Å²) in [6.07, 6.45) is 0. The van der Waals surface area contributed by atoms with Crippen LogP contribution in [0.3, 0.4) is 0 Å². The second-order valence-corrected chi connectivity index (χ2v) is 6.06. The second-order valence-electron chi connectivity index (χ2n) is 5.15. The molecule has 0 radical (unpaired) electrons. The Kier molecular flexibility index (Phi) is 3.16. The molecule has 3 aromatic carbocycles. The molecule has 0 saturated carbocycles. The summed E-state index contributed by atoms with van der Waals surface area (Å²) < 4.78 is 15.2. The molecule has 22 heavy (non-hydrogen) atoms. The average molecular weight is 352 g/mol. The number of halogens is 2. The molecule has 1 aromatic heterocycles. The van der Waals surface area contributed by atoms with Crippen LogP contribution in [0.5, 0.6) is 0 Å². The molecule has 0 N–H and O–H groups in total. The van der Waals surface area contributed by atoms with Gasteiger partial charge >= 0.3 is 0 Å². The van der Waals surface area contributed by atoms with E-state index < -0.39 is 0 Å². The summed E-state index contributed by atoms with van der Waals surface area (Å²) in [6.45, 7) is 0. The zero-order valence-corrected chi connectivity index (χ0v) is 13.1. The lowest BCUT2D eigenvalue weighted by Crippen LogP contribution is -1.91. The van der Waals surface area contributed by atoms with E-state index in [9.17, 15) is 4.39 Å². The Hall–Kier alpha value is -2.26. The first-order chi connectivity index (χ1) is 10.7. The van der Waals surface area contributed by atoms with Gasteiger partial charge in [0.1, 0.15) is 11.3 Å². The van der Waals surface area contributed by atoms with Gasteiger partial charge in [-0.2, -0.15) is 0 Å². The maximum atomic E-state index is 14.2. The minimum atomic E-state index is -0.290. The monoisotopic (exact) mass is 351 g/mol. The third kappa shape index (κ3) is 2.09. The average Bonchev–Trinajstić information content (AvgIpc) is 2.55. The van der Waals surface area contributed by atoms with E-state index in [0.29, 0.717) is 5.52 Å². The number of rotatable bonds is 1. The van der Waals surface area contributed by atoms with Crippen molar-refractivity contribution in [3.63, 3.8) is 0 Å². The van der Waals surface area contributed by atoms with Crippen molar-refractivity contribution in [2.24, 2.45) is 0 Å². The van der Waals surface area contributed by atoms with E-state index in [0.717, 1.165) is 31.9 Å². The van der Waals surface area contributed by atoms with Crippen LogP contribution in [0, 0.1) is 5.82 Å². The fourth-order valence-corrected chi connectivity index (χ4v) is 3.07. The lowest BCUT2D eigenvalue weighted by Gasteiger charge is -2.11. The summed E-state index contributed by atoms with van der Waals surface area (Å²) in [5.74, 6) is -0.290. The Morgan fingerprint density at radius 2 is 1.50 bits per heavy atom. The molecule has 0 aliphatic heterocycles. The molecule has 1 heterocycles. The first kappa shape index (κ1) is 13.4. The quantitative estimate of drug-likeness (QED) is 0.385.